The standard InChI is InChI=1S/C13H15N3O/c1-3-14-13-12(15-8-9-16-13)10-6-4-5-7-11(10)17-2/h4-9H,3H2,1-2H3,(H,14,16). The van der Waals surface area contributed by atoms with Gasteiger partial charge in [0.25, 0.3) is 0 Å². The molecule has 2 aromatic rings. The van der Waals surface area contributed by atoms with E-state index in [-0.39, 0.29) is 0 Å². The first-order chi connectivity index (χ1) is 8.36. The fourth-order valence-electron chi connectivity index (χ4n) is 1.67. The number of hydrogen-bond acceptors (Lipinski definition) is 4. The van der Waals surface area contributed by atoms with Gasteiger partial charge in [0.2, 0.25) is 0 Å². The summed E-state index contributed by atoms with van der Waals surface area (Å²) in [6.45, 7) is 2.83. The maximum absolute atomic E-state index is 5.34. The Labute approximate surface area is 101 Å². The lowest BCUT2D eigenvalue weighted by Gasteiger charge is -2.11. The Morgan fingerprint density at radius 3 is 2.71 bits per heavy atom. The molecule has 0 bridgehead atoms. The molecule has 2 rings (SSSR count). The predicted molar refractivity (Wildman–Crippen MR) is 68.2 cm³/mol. The van der Waals surface area contributed by atoms with E-state index < -0.39 is 0 Å². The minimum atomic E-state index is 0.777. The molecule has 0 aliphatic heterocycles. The molecule has 0 saturated carbocycles. The number of ether oxygens (including phenoxy) is 1. The van der Waals surface area contributed by atoms with Crippen LogP contribution in [0.2, 0.25) is 0 Å². The number of nitrogens with one attached hydrogen (secondary N) is 1. The number of anilines is 1. The first-order valence-electron chi connectivity index (χ1n) is 5.55. The highest BCUT2D eigenvalue weighted by Gasteiger charge is 2.11. The van der Waals surface area contributed by atoms with E-state index in [0.717, 1.165) is 29.4 Å². The van der Waals surface area contributed by atoms with Crippen LogP contribution in [0.15, 0.2) is 36.7 Å². The summed E-state index contributed by atoms with van der Waals surface area (Å²) in [6.07, 6.45) is 3.36. The van der Waals surface area contributed by atoms with Crippen LogP contribution < -0.4 is 10.1 Å². The smallest absolute Gasteiger partial charge is 0.152 e. The van der Waals surface area contributed by atoms with E-state index in [0.29, 0.717) is 0 Å². The van der Waals surface area contributed by atoms with Crippen molar-refractivity contribution < 1.29 is 4.74 Å². The van der Waals surface area contributed by atoms with Gasteiger partial charge < -0.3 is 10.1 Å². The highest BCUT2D eigenvalue weighted by molar-refractivity contribution is 5.75. The third kappa shape index (κ3) is 2.36. The summed E-state index contributed by atoms with van der Waals surface area (Å²) in [5, 5.41) is 3.20. The summed E-state index contributed by atoms with van der Waals surface area (Å²) in [5.74, 6) is 1.58. The lowest BCUT2D eigenvalue weighted by Crippen LogP contribution is -2.03. The quantitative estimate of drug-likeness (QED) is 0.875. The highest BCUT2D eigenvalue weighted by Crippen LogP contribution is 2.31. The molecule has 1 aromatic heterocycles. The summed E-state index contributed by atoms with van der Waals surface area (Å²) in [7, 11) is 1.65. The van der Waals surface area contributed by atoms with Gasteiger partial charge in [-0.1, -0.05) is 12.1 Å². The molecule has 0 atom stereocenters. The van der Waals surface area contributed by atoms with Crippen LogP contribution in [0, 0.1) is 0 Å². The first kappa shape index (κ1) is 11.4. The molecule has 0 radical (unpaired) electrons. The average Bonchev–Trinajstić information content (AvgIpc) is 2.40. The van der Waals surface area contributed by atoms with Gasteiger partial charge in [-0.05, 0) is 19.1 Å². The van der Waals surface area contributed by atoms with Gasteiger partial charge in [-0.3, -0.25) is 4.98 Å². The molecule has 0 saturated heterocycles. The zero-order chi connectivity index (χ0) is 12.1. The normalized spacial score (nSPS) is 10.0. The second-order valence-corrected chi connectivity index (χ2v) is 3.48. The van der Waals surface area contributed by atoms with E-state index in [1.165, 1.54) is 0 Å². The molecule has 4 heteroatoms. The Kier molecular flexibility index (Phi) is 3.55. The first-order valence-corrected chi connectivity index (χ1v) is 5.55. The number of benzene rings is 1. The molecular formula is C13H15N3O. The lowest BCUT2D eigenvalue weighted by molar-refractivity contribution is 0.416. The molecule has 0 unspecified atom stereocenters. The average molecular weight is 229 g/mol. The van der Waals surface area contributed by atoms with Gasteiger partial charge >= 0.3 is 0 Å². The molecule has 1 heterocycles. The molecular weight excluding hydrogens is 214 g/mol. The molecule has 17 heavy (non-hydrogen) atoms. The van der Waals surface area contributed by atoms with E-state index in [4.69, 9.17) is 4.74 Å². The number of hydrogen-bond donors (Lipinski definition) is 1. The SMILES string of the molecule is CCNc1nccnc1-c1ccccc1OC. The van der Waals surface area contributed by atoms with Crippen LogP contribution in [0.3, 0.4) is 0 Å². The van der Waals surface area contributed by atoms with Gasteiger partial charge in [0.15, 0.2) is 5.82 Å². The van der Waals surface area contributed by atoms with Crippen LogP contribution in [0.1, 0.15) is 6.92 Å². The molecule has 0 amide bonds. The molecule has 0 aliphatic carbocycles. The van der Waals surface area contributed by atoms with E-state index >= 15 is 0 Å². The fourth-order valence-corrected chi connectivity index (χ4v) is 1.67. The molecule has 0 spiro atoms. The van der Waals surface area contributed by atoms with Crippen molar-refractivity contribution in [3.63, 3.8) is 0 Å². The number of aromatic nitrogens is 2. The van der Waals surface area contributed by atoms with Crippen molar-refractivity contribution in [3.8, 4) is 17.0 Å². The van der Waals surface area contributed by atoms with Crippen molar-refractivity contribution >= 4 is 5.82 Å². The third-order valence-corrected chi connectivity index (χ3v) is 2.40. The maximum Gasteiger partial charge on any atom is 0.152 e. The van der Waals surface area contributed by atoms with Crippen LogP contribution in [-0.4, -0.2) is 23.6 Å². The van der Waals surface area contributed by atoms with Gasteiger partial charge in [0.1, 0.15) is 11.4 Å². The molecule has 1 N–H and O–H groups in total. The number of nitrogens with zero attached hydrogens (tertiary/aromatic N) is 2. The Balaban J connectivity index is 2.52. The van der Waals surface area contributed by atoms with Crippen LogP contribution in [0.5, 0.6) is 5.75 Å². The minimum absolute atomic E-state index is 0.777. The Hall–Kier alpha value is -2.10. The second kappa shape index (κ2) is 5.30. The summed E-state index contributed by atoms with van der Waals surface area (Å²) < 4.78 is 5.34. The zero-order valence-electron chi connectivity index (χ0n) is 9.97. The van der Waals surface area contributed by atoms with E-state index in [1.807, 2.05) is 31.2 Å². The van der Waals surface area contributed by atoms with Gasteiger partial charge in [0.05, 0.1) is 7.11 Å². The summed E-state index contributed by atoms with van der Waals surface area (Å²) in [5.41, 5.74) is 1.76. The summed E-state index contributed by atoms with van der Waals surface area (Å²) in [6, 6.07) is 7.79. The van der Waals surface area contributed by atoms with Crippen LogP contribution in [0.4, 0.5) is 5.82 Å². The van der Waals surface area contributed by atoms with Gasteiger partial charge in [0, 0.05) is 24.5 Å². The van der Waals surface area contributed by atoms with E-state index in [9.17, 15) is 0 Å². The molecule has 88 valence electrons. The second-order valence-electron chi connectivity index (χ2n) is 3.48. The van der Waals surface area contributed by atoms with Crippen molar-refractivity contribution in [2.75, 3.05) is 19.0 Å². The van der Waals surface area contributed by atoms with Crippen molar-refractivity contribution in [1.29, 1.82) is 0 Å². The van der Waals surface area contributed by atoms with Crippen LogP contribution in [0.25, 0.3) is 11.3 Å². The van der Waals surface area contributed by atoms with Gasteiger partial charge in [-0.25, -0.2) is 4.98 Å². The number of methoxy groups -OCH3 is 1. The van der Waals surface area contributed by atoms with E-state index in [1.54, 1.807) is 19.5 Å². The largest absolute Gasteiger partial charge is 0.496 e. The molecule has 0 aliphatic rings. The summed E-state index contributed by atoms with van der Waals surface area (Å²) >= 11 is 0. The van der Waals surface area contributed by atoms with E-state index in [2.05, 4.69) is 15.3 Å². The van der Waals surface area contributed by atoms with Crippen molar-refractivity contribution in [3.05, 3.63) is 36.7 Å². The lowest BCUT2D eigenvalue weighted by atomic mass is 10.1. The van der Waals surface area contributed by atoms with Gasteiger partial charge in [-0.15, -0.1) is 0 Å². The number of rotatable bonds is 4. The maximum atomic E-state index is 5.34. The third-order valence-electron chi connectivity index (χ3n) is 2.40. The van der Waals surface area contributed by atoms with Crippen molar-refractivity contribution in [2.24, 2.45) is 0 Å². The number of para-hydroxylation sites is 1. The minimum Gasteiger partial charge on any atom is -0.496 e. The predicted octanol–water partition coefficient (Wildman–Crippen LogP) is 2.58. The zero-order valence-corrected chi connectivity index (χ0v) is 9.97. The Morgan fingerprint density at radius 1 is 1.18 bits per heavy atom. The fraction of sp³-hybridized carbons (Fsp3) is 0.231. The van der Waals surface area contributed by atoms with Crippen molar-refractivity contribution in [1.82, 2.24) is 9.97 Å². The van der Waals surface area contributed by atoms with Crippen LogP contribution >= 0.6 is 0 Å². The monoisotopic (exact) mass is 229 g/mol. The Bertz CT molecular complexity index is 500. The summed E-state index contributed by atoms with van der Waals surface area (Å²) in [4.78, 5) is 8.66. The molecule has 0 fully saturated rings. The highest BCUT2D eigenvalue weighted by atomic mass is 16.5. The molecule has 4 nitrogen and oxygen atoms in total. The topological polar surface area (TPSA) is 47.0 Å². The molecule has 1 aromatic carbocycles. The van der Waals surface area contributed by atoms with Crippen LogP contribution in [-0.2, 0) is 0 Å². The van der Waals surface area contributed by atoms with Crippen molar-refractivity contribution in [2.45, 2.75) is 6.92 Å². The Morgan fingerprint density at radius 2 is 1.94 bits per heavy atom. The van der Waals surface area contributed by atoms with Gasteiger partial charge in [-0.2, -0.15) is 0 Å².